The van der Waals surface area contributed by atoms with E-state index in [1.54, 1.807) is 6.08 Å². The molecule has 0 spiro atoms. The summed E-state index contributed by atoms with van der Waals surface area (Å²) in [5.74, 6) is -0.519. The Morgan fingerprint density at radius 3 is 1.56 bits per heavy atom. The van der Waals surface area contributed by atoms with Crippen LogP contribution in [0.1, 0.15) is 162 Å². The highest BCUT2D eigenvalue weighted by molar-refractivity contribution is 5.80. The highest BCUT2D eigenvalue weighted by Gasteiger charge is 2.22. The summed E-state index contributed by atoms with van der Waals surface area (Å²) in [5, 5.41) is 32.7. The van der Waals surface area contributed by atoms with Gasteiger partial charge < -0.3 is 20.6 Å². The summed E-state index contributed by atoms with van der Waals surface area (Å²) in [6, 6.07) is -0.807. The van der Waals surface area contributed by atoms with Crippen molar-refractivity contribution in [3.05, 3.63) is 24.3 Å². The zero-order valence-corrected chi connectivity index (χ0v) is 25.8. The third-order valence-corrected chi connectivity index (χ3v) is 7.54. The second-order valence-corrected chi connectivity index (χ2v) is 11.4. The van der Waals surface area contributed by atoms with Crippen molar-refractivity contribution in [2.45, 2.75) is 180 Å². The maximum Gasteiger partial charge on any atom is 0.249 e. The largest absolute Gasteiger partial charge is 0.394 e. The van der Waals surface area contributed by atoms with E-state index in [1.165, 1.54) is 103 Å². The van der Waals surface area contributed by atoms with Crippen LogP contribution in [-0.2, 0) is 4.79 Å². The van der Waals surface area contributed by atoms with Crippen molar-refractivity contribution in [2.24, 2.45) is 0 Å². The molecule has 0 aromatic heterocycles. The summed E-state index contributed by atoms with van der Waals surface area (Å²) >= 11 is 0. The number of hydrogen-bond acceptors (Lipinski definition) is 4. The van der Waals surface area contributed by atoms with Gasteiger partial charge in [0.25, 0.3) is 0 Å². The number of hydrogen-bond donors (Lipinski definition) is 4. The second kappa shape index (κ2) is 29.8. The molecular formula is C34H65NO4. The molecule has 0 bridgehead atoms. The lowest BCUT2D eigenvalue weighted by atomic mass is 10.0. The van der Waals surface area contributed by atoms with Gasteiger partial charge in [-0.1, -0.05) is 154 Å². The summed E-state index contributed by atoms with van der Waals surface area (Å²) < 4.78 is 0. The fourth-order valence-electron chi connectivity index (χ4n) is 4.84. The molecule has 0 aliphatic rings. The van der Waals surface area contributed by atoms with E-state index in [4.69, 9.17) is 0 Å². The second-order valence-electron chi connectivity index (χ2n) is 11.4. The van der Waals surface area contributed by atoms with Gasteiger partial charge in [0, 0.05) is 0 Å². The third kappa shape index (κ3) is 25.5. The van der Waals surface area contributed by atoms with Gasteiger partial charge >= 0.3 is 0 Å². The molecule has 0 heterocycles. The molecule has 0 saturated carbocycles. The first-order valence-electron chi connectivity index (χ1n) is 16.7. The monoisotopic (exact) mass is 551 g/mol. The van der Waals surface area contributed by atoms with Crippen LogP contribution in [0.5, 0.6) is 0 Å². The number of carbonyl (C=O) groups excluding carboxylic acids is 1. The van der Waals surface area contributed by atoms with Gasteiger partial charge in [0.1, 0.15) is 6.10 Å². The molecule has 3 unspecified atom stereocenters. The van der Waals surface area contributed by atoms with Crippen LogP contribution < -0.4 is 5.32 Å². The highest BCUT2D eigenvalue weighted by atomic mass is 16.3. The molecule has 5 nitrogen and oxygen atoms in total. The van der Waals surface area contributed by atoms with Crippen LogP contribution in [-0.4, -0.2) is 46.1 Å². The summed E-state index contributed by atoms with van der Waals surface area (Å²) in [6.07, 6.45) is 33.4. The zero-order valence-electron chi connectivity index (χ0n) is 25.8. The van der Waals surface area contributed by atoms with Gasteiger partial charge in [-0.05, 0) is 32.1 Å². The molecule has 0 aliphatic carbocycles. The molecule has 0 aromatic carbocycles. The molecule has 0 aromatic rings. The Hall–Kier alpha value is -1.17. The molecule has 1 amide bonds. The molecule has 0 radical (unpaired) electrons. The van der Waals surface area contributed by atoms with Crippen LogP contribution in [0.25, 0.3) is 0 Å². The molecule has 3 atom stereocenters. The number of rotatable bonds is 29. The molecule has 4 N–H and O–H groups in total. The predicted molar refractivity (Wildman–Crippen MR) is 167 cm³/mol. The molecule has 0 aliphatic heterocycles. The highest BCUT2D eigenvalue weighted by Crippen LogP contribution is 2.13. The minimum Gasteiger partial charge on any atom is -0.394 e. The number of aliphatic hydroxyl groups excluding tert-OH is 3. The van der Waals surface area contributed by atoms with Crippen molar-refractivity contribution in [2.75, 3.05) is 6.61 Å². The standard InChI is InChI=1S/C34H65NO4/c1-3-5-7-9-11-13-14-15-16-17-18-19-20-21-23-24-26-28-32(37)31(30-36)35-34(39)33(38)29-27-25-22-12-10-8-6-4-2/h20-21,26,28,31-33,36-38H,3-19,22-25,27,29-30H2,1-2H3,(H,35,39)/b21-20+,28-26+. The number of amides is 1. The van der Waals surface area contributed by atoms with Crippen molar-refractivity contribution in [3.8, 4) is 0 Å². The van der Waals surface area contributed by atoms with Gasteiger partial charge in [0.15, 0.2) is 0 Å². The SMILES string of the molecule is CCCCCCCCCCCCC/C=C/CC/C=C/C(O)C(CO)NC(=O)C(O)CCCCCCCCCC. The maximum atomic E-state index is 12.3. The Morgan fingerprint density at radius 2 is 1.05 bits per heavy atom. The van der Waals surface area contributed by atoms with Crippen LogP contribution in [0.3, 0.4) is 0 Å². The first-order chi connectivity index (χ1) is 19.1. The Bertz CT molecular complexity index is 578. The van der Waals surface area contributed by atoms with Gasteiger partial charge in [-0.15, -0.1) is 0 Å². The minimum atomic E-state index is -1.10. The number of allylic oxidation sites excluding steroid dienone is 3. The molecule has 230 valence electrons. The molecule has 39 heavy (non-hydrogen) atoms. The van der Waals surface area contributed by atoms with E-state index >= 15 is 0 Å². The average molecular weight is 552 g/mol. The Kier molecular flexibility index (Phi) is 28.9. The Labute approximate surface area is 241 Å². The van der Waals surface area contributed by atoms with E-state index in [-0.39, 0.29) is 6.61 Å². The number of unbranched alkanes of at least 4 members (excludes halogenated alkanes) is 19. The quantitative estimate of drug-likeness (QED) is 0.0556. The lowest BCUT2D eigenvalue weighted by Gasteiger charge is -2.21. The van der Waals surface area contributed by atoms with Crippen LogP contribution in [0.4, 0.5) is 0 Å². The van der Waals surface area contributed by atoms with E-state index in [9.17, 15) is 20.1 Å². The van der Waals surface area contributed by atoms with E-state index in [1.807, 2.05) is 6.08 Å². The van der Waals surface area contributed by atoms with Gasteiger partial charge in [0.05, 0.1) is 18.8 Å². The average Bonchev–Trinajstić information content (AvgIpc) is 2.94. The van der Waals surface area contributed by atoms with Crippen LogP contribution in [0.15, 0.2) is 24.3 Å². The first kappa shape index (κ1) is 37.8. The fourth-order valence-corrected chi connectivity index (χ4v) is 4.84. The van der Waals surface area contributed by atoms with Crippen LogP contribution in [0.2, 0.25) is 0 Å². The summed E-state index contributed by atoms with van der Waals surface area (Å²) in [5.41, 5.74) is 0. The fraction of sp³-hybridized carbons (Fsp3) is 0.853. The number of carbonyl (C=O) groups is 1. The van der Waals surface area contributed by atoms with E-state index < -0.39 is 24.2 Å². The van der Waals surface area contributed by atoms with Crippen LogP contribution in [0, 0.1) is 0 Å². The zero-order chi connectivity index (χ0) is 28.8. The predicted octanol–water partition coefficient (Wildman–Crippen LogP) is 8.31. The summed E-state index contributed by atoms with van der Waals surface area (Å²) in [6.45, 7) is 4.10. The van der Waals surface area contributed by atoms with Gasteiger partial charge in [-0.3, -0.25) is 4.79 Å². The lowest BCUT2D eigenvalue weighted by molar-refractivity contribution is -0.131. The topological polar surface area (TPSA) is 89.8 Å². The van der Waals surface area contributed by atoms with Crippen LogP contribution >= 0.6 is 0 Å². The van der Waals surface area contributed by atoms with Crippen molar-refractivity contribution in [1.29, 1.82) is 0 Å². The Morgan fingerprint density at radius 1 is 0.615 bits per heavy atom. The molecular weight excluding hydrogens is 486 g/mol. The number of nitrogens with one attached hydrogen (secondary N) is 1. The first-order valence-corrected chi connectivity index (χ1v) is 16.7. The van der Waals surface area contributed by atoms with Gasteiger partial charge in [-0.25, -0.2) is 0 Å². The van der Waals surface area contributed by atoms with Gasteiger partial charge in [-0.2, -0.15) is 0 Å². The normalized spacial score (nSPS) is 14.3. The third-order valence-electron chi connectivity index (χ3n) is 7.54. The molecule has 0 saturated heterocycles. The van der Waals surface area contributed by atoms with E-state index in [2.05, 4.69) is 31.3 Å². The summed E-state index contributed by atoms with van der Waals surface area (Å²) in [4.78, 5) is 12.3. The molecule has 0 fully saturated rings. The van der Waals surface area contributed by atoms with E-state index in [0.717, 1.165) is 38.5 Å². The smallest absolute Gasteiger partial charge is 0.249 e. The minimum absolute atomic E-state index is 0.374. The van der Waals surface area contributed by atoms with E-state index in [0.29, 0.717) is 6.42 Å². The van der Waals surface area contributed by atoms with Gasteiger partial charge in [0.2, 0.25) is 5.91 Å². The number of aliphatic hydroxyl groups is 3. The molecule has 0 rings (SSSR count). The van der Waals surface area contributed by atoms with Crippen molar-refractivity contribution >= 4 is 5.91 Å². The van der Waals surface area contributed by atoms with Crippen molar-refractivity contribution < 1.29 is 20.1 Å². The lowest BCUT2D eigenvalue weighted by Crippen LogP contribution is -2.48. The Balaban J connectivity index is 3.81. The molecule has 5 heteroatoms. The van der Waals surface area contributed by atoms with Crippen molar-refractivity contribution in [1.82, 2.24) is 5.32 Å². The maximum absolute atomic E-state index is 12.3. The van der Waals surface area contributed by atoms with Crippen molar-refractivity contribution in [3.63, 3.8) is 0 Å². The summed E-state index contributed by atoms with van der Waals surface area (Å²) in [7, 11) is 0.